The van der Waals surface area contributed by atoms with Crippen molar-refractivity contribution < 1.29 is 9.13 Å². The molecule has 0 saturated carbocycles. The van der Waals surface area contributed by atoms with Crippen LogP contribution < -0.4 is 15.4 Å². The summed E-state index contributed by atoms with van der Waals surface area (Å²) in [5, 5.41) is 0.864. The summed E-state index contributed by atoms with van der Waals surface area (Å²) in [6, 6.07) is 12.6. The molecule has 2 aromatic carbocycles. The lowest BCUT2D eigenvalue weighted by Crippen LogP contribution is -2.48. The zero-order chi connectivity index (χ0) is 18.8. The van der Waals surface area contributed by atoms with E-state index in [0.29, 0.717) is 0 Å². The number of hydrogen-bond donors (Lipinski definition) is 1. The standard InChI is InChI=1S/C20H23FN4OS/c1-26-18-5-3-2-4-17(18)25-10-8-24(9-11-25)13-15(22)20-23-16-7-6-14(21)12-19(16)27-20/h2-7,12,15H,8-11,13,22H2,1H3. The minimum Gasteiger partial charge on any atom is -0.495 e. The highest BCUT2D eigenvalue weighted by molar-refractivity contribution is 7.18. The number of methoxy groups -OCH3 is 1. The van der Waals surface area contributed by atoms with Gasteiger partial charge in [0.25, 0.3) is 0 Å². The molecule has 3 aromatic rings. The Morgan fingerprint density at radius 1 is 1.19 bits per heavy atom. The van der Waals surface area contributed by atoms with Gasteiger partial charge < -0.3 is 15.4 Å². The molecular formula is C20H23FN4OS. The van der Waals surface area contributed by atoms with Crippen molar-refractivity contribution in [3.8, 4) is 5.75 Å². The molecule has 1 unspecified atom stereocenters. The van der Waals surface area contributed by atoms with Gasteiger partial charge in [0.05, 0.1) is 29.1 Å². The monoisotopic (exact) mass is 386 g/mol. The first-order chi connectivity index (χ1) is 13.1. The van der Waals surface area contributed by atoms with Crippen LogP contribution in [0.4, 0.5) is 10.1 Å². The van der Waals surface area contributed by atoms with Crippen molar-refractivity contribution in [2.24, 2.45) is 5.73 Å². The number of rotatable bonds is 5. The van der Waals surface area contributed by atoms with Gasteiger partial charge in [-0.25, -0.2) is 9.37 Å². The second kappa shape index (κ2) is 7.80. The molecule has 0 amide bonds. The number of piperazine rings is 1. The molecule has 0 bridgehead atoms. The number of benzene rings is 2. The number of thiazole rings is 1. The SMILES string of the molecule is COc1ccccc1N1CCN(CC(N)c2nc3ccc(F)cc3s2)CC1. The molecular weight excluding hydrogens is 363 g/mol. The number of halogens is 1. The third-order valence-electron chi connectivity index (χ3n) is 4.94. The van der Waals surface area contributed by atoms with Crippen molar-refractivity contribution in [3.05, 3.63) is 53.3 Å². The van der Waals surface area contributed by atoms with Crippen molar-refractivity contribution >= 4 is 27.2 Å². The lowest BCUT2D eigenvalue weighted by Gasteiger charge is -2.37. The highest BCUT2D eigenvalue weighted by Crippen LogP contribution is 2.29. The van der Waals surface area contributed by atoms with Gasteiger partial charge in [0.1, 0.15) is 16.6 Å². The summed E-state index contributed by atoms with van der Waals surface area (Å²) in [7, 11) is 1.71. The number of fused-ring (bicyclic) bond motifs is 1. The molecule has 0 aliphatic carbocycles. The van der Waals surface area contributed by atoms with Gasteiger partial charge in [-0.1, -0.05) is 12.1 Å². The Morgan fingerprint density at radius 3 is 2.74 bits per heavy atom. The smallest absolute Gasteiger partial charge is 0.142 e. The van der Waals surface area contributed by atoms with Crippen LogP contribution in [0.25, 0.3) is 10.2 Å². The predicted octanol–water partition coefficient (Wildman–Crippen LogP) is 3.27. The topological polar surface area (TPSA) is 54.6 Å². The van der Waals surface area contributed by atoms with Crippen molar-refractivity contribution in [1.82, 2.24) is 9.88 Å². The number of anilines is 1. The summed E-state index contributed by atoms with van der Waals surface area (Å²) in [4.78, 5) is 9.29. The Kier molecular flexibility index (Phi) is 5.24. The average Bonchev–Trinajstić information content (AvgIpc) is 3.12. The number of nitrogens with two attached hydrogens (primary N) is 1. The summed E-state index contributed by atoms with van der Waals surface area (Å²) in [5.41, 5.74) is 8.35. The molecule has 2 heterocycles. The summed E-state index contributed by atoms with van der Waals surface area (Å²) in [6.07, 6.45) is 0. The Hall–Kier alpha value is -2.22. The van der Waals surface area contributed by atoms with Crippen LogP contribution in [0.3, 0.4) is 0 Å². The van der Waals surface area contributed by atoms with E-state index in [2.05, 4.69) is 20.9 Å². The van der Waals surface area contributed by atoms with Crippen LogP contribution in [0.1, 0.15) is 11.0 Å². The van der Waals surface area contributed by atoms with Gasteiger partial charge in [-0.15, -0.1) is 11.3 Å². The molecule has 4 rings (SSSR count). The van der Waals surface area contributed by atoms with Crippen LogP contribution in [-0.4, -0.2) is 49.7 Å². The second-order valence-electron chi connectivity index (χ2n) is 6.73. The average molecular weight is 386 g/mol. The lowest BCUT2D eigenvalue weighted by atomic mass is 10.2. The van der Waals surface area contributed by atoms with Crippen molar-refractivity contribution in [2.75, 3.05) is 44.7 Å². The molecule has 27 heavy (non-hydrogen) atoms. The zero-order valence-corrected chi connectivity index (χ0v) is 16.1. The first-order valence-electron chi connectivity index (χ1n) is 9.06. The third kappa shape index (κ3) is 3.90. The molecule has 7 heteroatoms. The van der Waals surface area contributed by atoms with E-state index in [4.69, 9.17) is 10.5 Å². The first-order valence-corrected chi connectivity index (χ1v) is 9.87. The third-order valence-corrected chi connectivity index (χ3v) is 6.09. The van der Waals surface area contributed by atoms with Gasteiger partial charge in [-0.05, 0) is 30.3 Å². The quantitative estimate of drug-likeness (QED) is 0.729. The molecule has 1 aliphatic rings. The van der Waals surface area contributed by atoms with Gasteiger partial charge in [-0.3, -0.25) is 4.90 Å². The van der Waals surface area contributed by atoms with Crippen LogP contribution in [0.15, 0.2) is 42.5 Å². The minimum absolute atomic E-state index is 0.164. The van der Waals surface area contributed by atoms with E-state index >= 15 is 0 Å². The molecule has 2 N–H and O–H groups in total. The van der Waals surface area contributed by atoms with Gasteiger partial charge in [0.15, 0.2) is 0 Å². The highest BCUT2D eigenvalue weighted by atomic mass is 32.1. The Labute approximate surface area is 162 Å². The Bertz CT molecular complexity index is 923. The number of para-hydroxylation sites is 2. The van der Waals surface area contributed by atoms with Gasteiger partial charge >= 0.3 is 0 Å². The predicted molar refractivity (Wildman–Crippen MR) is 108 cm³/mol. The summed E-state index contributed by atoms with van der Waals surface area (Å²) in [5.74, 6) is 0.670. The molecule has 1 saturated heterocycles. The van der Waals surface area contributed by atoms with E-state index < -0.39 is 0 Å². The highest BCUT2D eigenvalue weighted by Gasteiger charge is 2.22. The van der Waals surface area contributed by atoms with Crippen LogP contribution in [0.5, 0.6) is 5.75 Å². The van der Waals surface area contributed by atoms with Gasteiger partial charge in [-0.2, -0.15) is 0 Å². The fourth-order valence-electron chi connectivity index (χ4n) is 3.49. The van der Waals surface area contributed by atoms with E-state index in [0.717, 1.165) is 59.4 Å². The van der Waals surface area contributed by atoms with E-state index in [1.54, 1.807) is 13.2 Å². The van der Waals surface area contributed by atoms with E-state index in [1.807, 2.05) is 18.2 Å². The van der Waals surface area contributed by atoms with Gasteiger partial charge in [0, 0.05) is 32.7 Å². The molecule has 142 valence electrons. The van der Waals surface area contributed by atoms with E-state index in [-0.39, 0.29) is 11.9 Å². The Morgan fingerprint density at radius 2 is 1.96 bits per heavy atom. The van der Waals surface area contributed by atoms with Crippen LogP contribution in [0, 0.1) is 5.82 Å². The van der Waals surface area contributed by atoms with Crippen molar-refractivity contribution in [1.29, 1.82) is 0 Å². The van der Waals surface area contributed by atoms with E-state index in [1.165, 1.54) is 23.5 Å². The number of nitrogens with zero attached hydrogens (tertiary/aromatic N) is 3. The summed E-state index contributed by atoms with van der Waals surface area (Å²) in [6.45, 7) is 4.48. The fraction of sp³-hybridized carbons (Fsp3) is 0.350. The second-order valence-corrected chi connectivity index (χ2v) is 7.79. The van der Waals surface area contributed by atoms with Crippen LogP contribution in [0.2, 0.25) is 0 Å². The van der Waals surface area contributed by atoms with Crippen LogP contribution in [-0.2, 0) is 0 Å². The maximum absolute atomic E-state index is 13.4. The minimum atomic E-state index is -0.237. The molecule has 0 radical (unpaired) electrons. The first kappa shape index (κ1) is 18.2. The molecule has 1 aromatic heterocycles. The van der Waals surface area contributed by atoms with Crippen molar-refractivity contribution in [2.45, 2.75) is 6.04 Å². The molecule has 1 fully saturated rings. The van der Waals surface area contributed by atoms with E-state index in [9.17, 15) is 4.39 Å². The Balaban J connectivity index is 1.38. The molecule has 1 atom stereocenters. The summed E-state index contributed by atoms with van der Waals surface area (Å²) < 4.78 is 19.7. The maximum atomic E-state index is 13.4. The molecule has 0 spiro atoms. The number of aromatic nitrogens is 1. The normalized spacial score (nSPS) is 16.6. The largest absolute Gasteiger partial charge is 0.495 e. The van der Waals surface area contributed by atoms with Gasteiger partial charge in [0.2, 0.25) is 0 Å². The number of ether oxygens (including phenoxy) is 1. The fourth-order valence-corrected chi connectivity index (χ4v) is 4.48. The van der Waals surface area contributed by atoms with Crippen LogP contribution >= 0.6 is 11.3 Å². The number of hydrogen-bond acceptors (Lipinski definition) is 6. The summed E-state index contributed by atoms with van der Waals surface area (Å²) >= 11 is 1.48. The maximum Gasteiger partial charge on any atom is 0.142 e. The van der Waals surface area contributed by atoms with Crippen molar-refractivity contribution in [3.63, 3.8) is 0 Å². The molecule has 5 nitrogen and oxygen atoms in total. The zero-order valence-electron chi connectivity index (χ0n) is 15.3. The molecule has 1 aliphatic heterocycles. The lowest BCUT2D eigenvalue weighted by molar-refractivity contribution is 0.242.